The molecule has 1 atom stereocenters. The summed E-state index contributed by atoms with van der Waals surface area (Å²) in [5, 5.41) is 3.42. The molecule has 4 nitrogen and oxygen atoms in total. The lowest BCUT2D eigenvalue weighted by Crippen LogP contribution is -2.23. The Morgan fingerprint density at radius 1 is 1.23 bits per heavy atom. The smallest absolute Gasteiger partial charge is 0.293 e. The molecule has 0 aliphatic carbocycles. The molecule has 0 radical (unpaired) electrons. The van der Waals surface area contributed by atoms with E-state index in [0.29, 0.717) is 12.5 Å². The molecule has 1 aromatic carbocycles. The maximum Gasteiger partial charge on any atom is 0.293 e. The van der Waals surface area contributed by atoms with Crippen molar-refractivity contribution in [2.24, 2.45) is 4.99 Å². The first kappa shape index (κ1) is 18.4. The lowest BCUT2D eigenvalue weighted by Gasteiger charge is -2.14. The maximum absolute atomic E-state index is 9.60. The van der Waals surface area contributed by atoms with Gasteiger partial charge in [-0.15, -0.1) is 0 Å². The SMILES string of the molecule is C(=NC1CCCCNC1)c1ccccc1.CC(C)(C)OC=O. The van der Waals surface area contributed by atoms with Crippen LogP contribution in [0.1, 0.15) is 45.6 Å². The van der Waals surface area contributed by atoms with Gasteiger partial charge in [-0.3, -0.25) is 9.79 Å². The molecule has 2 rings (SSSR count). The Balaban J connectivity index is 0.000000295. The number of ether oxygens (including phenoxy) is 1. The average Bonchev–Trinajstić information content (AvgIpc) is 2.74. The highest BCUT2D eigenvalue weighted by molar-refractivity contribution is 5.79. The van der Waals surface area contributed by atoms with Gasteiger partial charge >= 0.3 is 0 Å². The Labute approximate surface area is 134 Å². The highest BCUT2D eigenvalue weighted by Crippen LogP contribution is 2.07. The molecule has 122 valence electrons. The van der Waals surface area contributed by atoms with E-state index >= 15 is 0 Å². The Bertz CT molecular complexity index is 430. The highest BCUT2D eigenvalue weighted by Gasteiger charge is 2.08. The molecule has 0 spiro atoms. The number of hydrogen-bond acceptors (Lipinski definition) is 4. The van der Waals surface area contributed by atoms with Crippen LogP contribution in [0.25, 0.3) is 0 Å². The minimum atomic E-state index is -0.318. The number of aliphatic imine (C=N–C) groups is 1. The summed E-state index contributed by atoms with van der Waals surface area (Å²) in [6.45, 7) is 8.10. The molecule has 1 heterocycles. The van der Waals surface area contributed by atoms with Crippen molar-refractivity contribution in [1.29, 1.82) is 0 Å². The molecular weight excluding hydrogens is 276 g/mol. The van der Waals surface area contributed by atoms with E-state index in [4.69, 9.17) is 0 Å². The minimum Gasteiger partial charge on any atom is -0.462 e. The van der Waals surface area contributed by atoms with Crippen molar-refractivity contribution in [1.82, 2.24) is 5.32 Å². The predicted molar refractivity (Wildman–Crippen MR) is 91.4 cm³/mol. The Morgan fingerprint density at radius 2 is 1.95 bits per heavy atom. The molecule has 1 unspecified atom stereocenters. The third-order valence-electron chi connectivity index (χ3n) is 3.16. The second kappa shape index (κ2) is 10.1. The summed E-state index contributed by atoms with van der Waals surface area (Å²) in [5.41, 5.74) is 0.878. The second-order valence-electron chi connectivity index (χ2n) is 6.37. The van der Waals surface area contributed by atoms with E-state index in [-0.39, 0.29) is 5.60 Å². The average molecular weight is 304 g/mol. The second-order valence-corrected chi connectivity index (χ2v) is 6.37. The summed E-state index contributed by atoms with van der Waals surface area (Å²) in [5.74, 6) is 0. The number of rotatable bonds is 3. The van der Waals surface area contributed by atoms with Crippen molar-refractivity contribution < 1.29 is 9.53 Å². The Morgan fingerprint density at radius 3 is 2.55 bits per heavy atom. The molecule has 0 bridgehead atoms. The van der Waals surface area contributed by atoms with E-state index in [1.54, 1.807) is 0 Å². The van der Waals surface area contributed by atoms with Crippen LogP contribution in [0.2, 0.25) is 0 Å². The van der Waals surface area contributed by atoms with Gasteiger partial charge in [0.1, 0.15) is 5.60 Å². The predicted octanol–water partition coefficient (Wildman–Crippen LogP) is 3.21. The molecule has 1 aliphatic rings. The van der Waals surface area contributed by atoms with Gasteiger partial charge in [0, 0.05) is 12.8 Å². The van der Waals surface area contributed by atoms with Crippen molar-refractivity contribution >= 4 is 12.7 Å². The van der Waals surface area contributed by atoms with Crippen LogP contribution in [0.3, 0.4) is 0 Å². The van der Waals surface area contributed by atoms with E-state index < -0.39 is 0 Å². The molecular formula is C18H28N2O2. The number of carbonyl (C=O) groups is 1. The number of carbonyl (C=O) groups excluding carboxylic acids is 1. The monoisotopic (exact) mass is 304 g/mol. The van der Waals surface area contributed by atoms with Crippen LogP contribution in [0.4, 0.5) is 0 Å². The van der Waals surface area contributed by atoms with Crippen molar-refractivity contribution in [2.75, 3.05) is 13.1 Å². The largest absolute Gasteiger partial charge is 0.462 e. The zero-order valence-electron chi connectivity index (χ0n) is 13.9. The molecule has 1 aromatic rings. The Hall–Kier alpha value is -1.68. The summed E-state index contributed by atoms with van der Waals surface area (Å²) >= 11 is 0. The first-order valence-corrected chi connectivity index (χ1v) is 7.91. The third kappa shape index (κ3) is 9.29. The lowest BCUT2D eigenvalue weighted by molar-refractivity contribution is -0.138. The van der Waals surface area contributed by atoms with Crippen LogP contribution in [0.5, 0.6) is 0 Å². The van der Waals surface area contributed by atoms with E-state index in [9.17, 15) is 4.79 Å². The summed E-state index contributed by atoms with van der Waals surface area (Å²) < 4.78 is 4.55. The molecule has 1 aliphatic heterocycles. The molecule has 1 saturated heterocycles. The fourth-order valence-electron chi connectivity index (χ4n) is 2.00. The molecule has 1 fully saturated rings. The van der Waals surface area contributed by atoms with Crippen LogP contribution in [-0.4, -0.2) is 37.4 Å². The quantitative estimate of drug-likeness (QED) is 0.689. The van der Waals surface area contributed by atoms with Gasteiger partial charge in [-0.05, 0) is 45.7 Å². The van der Waals surface area contributed by atoms with E-state index in [1.165, 1.54) is 24.8 Å². The van der Waals surface area contributed by atoms with Crippen LogP contribution in [-0.2, 0) is 9.53 Å². The van der Waals surface area contributed by atoms with Crippen molar-refractivity contribution in [3.05, 3.63) is 35.9 Å². The number of nitrogens with one attached hydrogen (secondary N) is 1. The molecule has 22 heavy (non-hydrogen) atoms. The van der Waals surface area contributed by atoms with Crippen LogP contribution in [0, 0.1) is 0 Å². The minimum absolute atomic E-state index is 0.318. The number of hydrogen-bond donors (Lipinski definition) is 1. The fraction of sp³-hybridized carbons (Fsp3) is 0.556. The normalized spacial score (nSPS) is 19.0. The summed E-state index contributed by atoms with van der Waals surface area (Å²) in [4.78, 5) is 14.2. The zero-order chi connectivity index (χ0) is 16.3. The van der Waals surface area contributed by atoms with Crippen molar-refractivity contribution in [3.63, 3.8) is 0 Å². The first-order chi connectivity index (χ1) is 10.5. The third-order valence-corrected chi connectivity index (χ3v) is 3.16. The van der Waals surface area contributed by atoms with Gasteiger partial charge in [-0.1, -0.05) is 36.8 Å². The number of nitrogens with zero attached hydrogens (tertiary/aromatic N) is 1. The molecule has 4 heteroatoms. The van der Waals surface area contributed by atoms with E-state index in [1.807, 2.05) is 45.2 Å². The van der Waals surface area contributed by atoms with Crippen molar-refractivity contribution in [3.8, 4) is 0 Å². The van der Waals surface area contributed by atoms with Crippen LogP contribution in [0.15, 0.2) is 35.3 Å². The van der Waals surface area contributed by atoms with Gasteiger partial charge < -0.3 is 10.1 Å². The molecule has 0 saturated carbocycles. The zero-order valence-corrected chi connectivity index (χ0v) is 13.9. The molecule has 0 amide bonds. The molecule has 0 aromatic heterocycles. The van der Waals surface area contributed by atoms with Crippen molar-refractivity contribution in [2.45, 2.75) is 51.7 Å². The number of benzene rings is 1. The lowest BCUT2D eigenvalue weighted by atomic mass is 10.1. The van der Waals surface area contributed by atoms with Gasteiger partial charge in [0.25, 0.3) is 6.47 Å². The topological polar surface area (TPSA) is 50.7 Å². The summed E-state index contributed by atoms with van der Waals surface area (Å²) in [6, 6.07) is 10.8. The van der Waals surface area contributed by atoms with Gasteiger partial charge in [-0.25, -0.2) is 0 Å². The van der Waals surface area contributed by atoms with E-state index in [0.717, 1.165) is 13.1 Å². The maximum atomic E-state index is 9.60. The van der Waals surface area contributed by atoms with Crippen LogP contribution < -0.4 is 5.32 Å². The van der Waals surface area contributed by atoms with Gasteiger partial charge in [0.2, 0.25) is 0 Å². The van der Waals surface area contributed by atoms with Crippen LogP contribution >= 0.6 is 0 Å². The Kier molecular flexibility index (Phi) is 8.44. The highest BCUT2D eigenvalue weighted by atomic mass is 16.5. The standard InChI is InChI=1S/C13H18N2.C5H10O2/c1-2-6-12(7-3-1)10-15-13-8-4-5-9-14-11-13;1-5(2,3)7-4-6/h1-3,6-7,10,13-14H,4-5,8-9,11H2;4H,1-3H3. The van der Waals surface area contributed by atoms with Gasteiger partial charge in [0.05, 0.1) is 6.04 Å². The van der Waals surface area contributed by atoms with Gasteiger partial charge in [0.15, 0.2) is 0 Å². The van der Waals surface area contributed by atoms with Gasteiger partial charge in [-0.2, -0.15) is 0 Å². The molecule has 1 N–H and O–H groups in total. The first-order valence-electron chi connectivity index (χ1n) is 7.91. The van der Waals surface area contributed by atoms with E-state index in [2.05, 4.69) is 27.2 Å². The fourth-order valence-corrected chi connectivity index (χ4v) is 2.00. The summed E-state index contributed by atoms with van der Waals surface area (Å²) in [6.07, 6.45) is 5.80. The summed E-state index contributed by atoms with van der Waals surface area (Å²) in [7, 11) is 0.